The van der Waals surface area contributed by atoms with Gasteiger partial charge in [-0.05, 0) is 0 Å². The predicted molar refractivity (Wildman–Crippen MR) is 25.1 cm³/mol. The normalized spacial score (nSPS) is 4.10. The summed E-state index contributed by atoms with van der Waals surface area (Å²) < 4.78 is 25.3. The first-order chi connectivity index (χ1) is 2.73. The average molecular weight is 194 g/mol. The summed E-state index contributed by atoms with van der Waals surface area (Å²) in [5.41, 5.74) is 0. The summed E-state index contributed by atoms with van der Waals surface area (Å²) in [6.07, 6.45) is 0. The molecule has 0 aromatic carbocycles. The molecule has 0 bridgehead atoms. The molecular weight excluding hydrogens is 186 g/mol. The Morgan fingerprint density at radius 3 is 1.10 bits per heavy atom. The molecule has 0 aliphatic carbocycles. The standard InChI is InChI=1S/CH4O.2Na.H2O3S.2H2O/c1-2;;;1-4(2)3;;/h2H,1H3;;;(H2,1,2,3);2*1H2/q;2*+1;;;/p-2. The van der Waals surface area contributed by atoms with Gasteiger partial charge in [0.15, 0.2) is 0 Å². The molecule has 0 atom stereocenters. The zero-order valence-electron chi connectivity index (χ0n) is 6.08. The third kappa shape index (κ3) is 210. The Hall–Kier alpha value is 1.95. The Labute approximate surface area is 106 Å². The molecule has 9 heteroatoms. The summed E-state index contributed by atoms with van der Waals surface area (Å²) in [6.45, 7) is 0. The molecule has 0 amide bonds. The number of aliphatic hydroxyl groups is 1. The first-order valence-corrected chi connectivity index (χ1v) is 1.95. The van der Waals surface area contributed by atoms with Crippen molar-refractivity contribution in [3.63, 3.8) is 0 Å². The monoisotopic (exact) mass is 194 g/mol. The first kappa shape index (κ1) is 40.5. The van der Waals surface area contributed by atoms with Crippen LogP contribution < -0.4 is 59.1 Å². The van der Waals surface area contributed by atoms with E-state index in [0.29, 0.717) is 0 Å². The molecule has 0 radical (unpaired) electrons. The van der Waals surface area contributed by atoms with E-state index in [1.807, 2.05) is 0 Å². The van der Waals surface area contributed by atoms with E-state index in [1.54, 1.807) is 0 Å². The second-order valence-corrected chi connectivity index (χ2v) is 0.612. The van der Waals surface area contributed by atoms with Crippen LogP contribution in [0.3, 0.4) is 0 Å². The van der Waals surface area contributed by atoms with Gasteiger partial charge in [0.25, 0.3) is 0 Å². The fourth-order valence-electron chi connectivity index (χ4n) is 0. The molecule has 0 unspecified atom stereocenters. The van der Waals surface area contributed by atoms with Crippen LogP contribution in [0.4, 0.5) is 0 Å². The predicted octanol–water partition coefficient (Wildman–Crippen LogP) is -9.04. The van der Waals surface area contributed by atoms with Gasteiger partial charge in [-0.25, -0.2) is 0 Å². The molecular formula is CH8Na2O6S. The van der Waals surface area contributed by atoms with Gasteiger partial charge in [0.05, 0.1) is 0 Å². The maximum Gasteiger partial charge on any atom is 1.00 e. The van der Waals surface area contributed by atoms with Crippen LogP contribution in [-0.2, 0) is 11.4 Å². The second kappa shape index (κ2) is 44.2. The van der Waals surface area contributed by atoms with Crippen LogP contribution >= 0.6 is 0 Å². The largest absolute Gasteiger partial charge is 1.00 e. The second-order valence-electron chi connectivity index (χ2n) is 0.204. The SMILES string of the molecule is CO.O.O.O=S([O-])[O-].[Na+].[Na+]. The molecule has 6 nitrogen and oxygen atoms in total. The molecule has 0 aromatic rings. The van der Waals surface area contributed by atoms with Crippen molar-refractivity contribution in [3.05, 3.63) is 0 Å². The van der Waals surface area contributed by atoms with Crippen LogP contribution in [0.25, 0.3) is 0 Å². The van der Waals surface area contributed by atoms with Gasteiger partial charge in [0, 0.05) is 7.11 Å². The van der Waals surface area contributed by atoms with Crippen LogP contribution in [0.15, 0.2) is 0 Å². The molecule has 0 saturated carbocycles. The molecule has 5 N–H and O–H groups in total. The first-order valence-electron chi connectivity index (χ1n) is 0.947. The summed E-state index contributed by atoms with van der Waals surface area (Å²) in [4.78, 5) is 0. The summed E-state index contributed by atoms with van der Waals surface area (Å²) in [7, 11) is 1.00. The van der Waals surface area contributed by atoms with Crippen LogP contribution in [0, 0.1) is 0 Å². The van der Waals surface area contributed by atoms with Gasteiger partial charge in [0.2, 0.25) is 0 Å². The van der Waals surface area contributed by atoms with Crippen LogP contribution in [0.5, 0.6) is 0 Å². The molecule has 0 heterocycles. The van der Waals surface area contributed by atoms with Crippen molar-refractivity contribution in [2.45, 2.75) is 0 Å². The molecule has 0 aliphatic rings. The summed E-state index contributed by atoms with van der Waals surface area (Å²) in [5.74, 6) is 0. The molecule has 56 valence electrons. The molecule has 0 aromatic heterocycles. The van der Waals surface area contributed by atoms with Crippen molar-refractivity contribution in [2.24, 2.45) is 0 Å². The van der Waals surface area contributed by atoms with E-state index in [9.17, 15) is 0 Å². The fourth-order valence-corrected chi connectivity index (χ4v) is 0. The molecule has 0 aliphatic heterocycles. The average Bonchev–Trinajstić information content (AvgIpc) is 1.41. The Balaban J connectivity index is -0.00000000625. The minimum atomic E-state index is -3.11. The van der Waals surface area contributed by atoms with E-state index >= 15 is 0 Å². The van der Waals surface area contributed by atoms with Gasteiger partial charge < -0.3 is 25.2 Å². The van der Waals surface area contributed by atoms with E-state index in [1.165, 1.54) is 0 Å². The van der Waals surface area contributed by atoms with Crippen LogP contribution in [0.2, 0.25) is 0 Å². The molecule has 10 heavy (non-hydrogen) atoms. The molecule has 0 rings (SSSR count). The van der Waals surface area contributed by atoms with Crippen molar-refractivity contribution in [1.82, 2.24) is 0 Å². The van der Waals surface area contributed by atoms with Gasteiger partial charge in [-0.2, -0.15) is 0 Å². The zero-order chi connectivity index (χ0) is 5.58. The summed E-state index contributed by atoms with van der Waals surface area (Å²) in [6, 6.07) is 0. The Morgan fingerprint density at radius 1 is 1.10 bits per heavy atom. The van der Waals surface area contributed by atoms with Gasteiger partial charge >= 0.3 is 59.1 Å². The topological polar surface area (TPSA) is 146 Å². The smallest absolute Gasteiger partial charge is 0.784 e. The van der Waals surface area contributed by atoms with Gasteiger partial charge in [-0.15, -0.1) is 11.4 Å². The summed E-state index contributed by atoms with van der Waals surface area (Å²) in [5, 5.41) is 7.00. The van der Waals surface area contributed by atoms with E-state index in [2.05, 4.69) is 0 Å². The Morgan fingerprint density at radius 2 is 1.10 bits per heavy atom. The van der Waals surface area contributed by atoms with E-state index in [4.69, 9.17) is 18.4 Å². The fraction of sp³-hybridized carbons (Fsp3) is 1.00. The third-order valence-electron chi connectivity index (χ3n) is 0. The van der Waals surface area contributed by atoms with Crippen molar-refractivity contribution < 1.29 is 88.5 Å². The minimum absolute atomic E-state index is 0. The Bertz CT molecular complexity index is 38.7. The van der Waals surface area contributed by atoms with Gasteiger partial charge in [-0.1, -0.05) is 0 Å². The quantitative estimate of drug-likeness (QED) is 0.301. The summed E-state index contributed by atoms with van der Waals surface area (Å²) >= 11 is -3.11. The number of aliphatic hydroxyl groups excluding tert-OH is 1. The number of hydrogen-bond acceptors (Lipinski definition) is 4. The van der Waals surface area contributed by atoms with Crippen molar-refractivity contribution in [3.8, 4) is 0 Å². The molecule has 0 saturated heterocycles. The maximum absolute atomic E-state index is 8.44. The Kier molecular flexibility index (Phi) is 179. The van der Waals surface area contributed by atoms with E-state index in [0.717, 1.165) is 7.11 Å². The zero-order valence-corrected chi connectivity index (χ0v) is 10.9. The third-order valence-corrected chi connectivity index (χ3v) is 0. The van der Waals surface area contributed by atoms with Crippen LogP contribution in [0.1, 0.15) is 0 Å². The molecule has 0 fully saturated rings. The number of hydrogen-bond donors (Lipinski definition) is 1. The maximum atomic E-state index is 8.44. The van der Waals surface area contributed by atoms with E-state index < -0.39 is 11.4 Å². The van der Waals surface area contributed by atoms with Gasteiger partial charge in [0.1, 0.15) is 0 Å². The minimum Gasteiger partial charge on any atom is -0.784 e. The van der Waals surface area contributed by atoms with Crippen molar-refractivity contribution >= 4 is 11.4 Å². The van der Waals surface area contributed by atoms with Gasteiger partial charge in [-0.3, -0.25) is 4.21 Å². The van der Waals surface area contributed by atoms with Crippen molar-refractivity contribution in [1.29, 1.82) is 0 Å². The van der Waals surface area contributed by atoms with Crippen molar-refractivity contribution in [2.75, 3.05) is 7.11 Å². The number of rotatable bonds is 0. The molecule has 0 spiro atoms. The van der Waals surface area contributed by atoms with E-state index in [-0.39, 0.29) is 70.1 Å². The van der Waals surface area contributed by atoms with Crippen LogP contribution in [-0.4, -0.2) is 36.5 Å².